The molecule has 1 aromatic carbocycles. The van der Waals surface area contributed by atoms with E-state index in [-0.39, 0.29) is 13.3 Å². The van der Waals surface area contributed by atoms with Gasteiger partial charge in [0, 0.05) is 0 Å². The van der Waals surface area contributed by atoms with Crippen LogP contribution in [-0.4, -0.2) is 26.1 Å². The van der Waals surface area contributed by atoms with E-state index >= 15 is 0 Å². The van der Waals surface area contributed by atoms with Crippen LogP contribution >= 0.6 is 0 Å². The van der Waals surface area contributed by atoms with E-state index in [0.29, 0.717) is 17.9 Å². The molecular formula is C11H12F3NO2. The van der Waals surface area contributed by atoms with Crippen molar-refractivity contribution in [2.75, 3.05) is 19.9 Å². The van der Waals surface area contributed by atoms with Crippen molar-refractivity contribution in [1.29, 1.82) is 0 Å². The first-order valence-corrected chi connectivity index (χ1v) is 5.20. The zero-order valence-corrected chi connectivity index (χ0v) is 9.01. The lowest BCUT2D eigenvalue weighted by atomic mass is 10.1. The molecule has 0 amide bonds. The maximum absolute atomic E-state index is 11.9. The Kier molecular flexibility index (Phi) is 3.42. The van der Waals surface area contributed by atoms with Crippen molar-refractivity contribution >= 4 is 0 Å². The maximum atomic E-state index is 11.9. The number of halogens is 3. The number of nitrogens with one attached hydrogen (secondary N) is 1. The molecule has 0 radical (unpaired) electrons. The van der Waals surface area contributed by atoms with Gasteiger partial charge < -0.3 is 14.8 Å². The molecule has 1 aliphatic rings. The number of alkyl halides is 3. The summed E-state index contributed by atoms with van der Waals surface area (Å²) in [6.07, 6.45) is -3.64. The van der Waals surface area contributed by atoms with E-state index in [9.17, 15) is 13.2 Å². The topological polar surface area (TPSA) is 30.5 Å². The number of rotatable bonds is 4. The van der Waals surface area contributed by atoms with Crippen LogP contribution in [0.4, 0.5) is 13.2 Å². The molecule has 1 heterocycles. The molecule has 6 heteroatoms. The third-order valence-corrected chi connectivity index (χ3v) is 2.35. The van der Waals surface area contributed by atoms with Gasteiger partial charge in [0.05, 0.1) is 6.54 Å². The fourth-order valence-corrected chi connectivity index (χ4v) is 1.56. The quantitative estimate of drug-likeness (QED) is 0.826. The van der Waals surface area contributed by atoms with Gasteiger partial charge in [-0.2, -0.15) is 13.2 Å². The molecule has 94 valence electrons. The Hall–Kier alpha value is -1.43. The van der Waals surface area contributed by atoms with Crippen LogP contribution in [0.3, 0.4) is 0 Å². The first kappa shape index (κ1) is 12.0. The molecular weight excluding hydrogens is 235 g/mol. The molecule has 2 rings (SSSR count). The second kappa shape index (κ2) is 4.83. The van der Waals surface area contributed by atoms with Crippen molar-refractivity contribution in [2.24, 2.45) is 0 Å². The summed E-state index contributed by atoms with van der Waals surface area (Å²) in [7, 11) is 0. The fraction of sp³-hybridized carbons (Fsp3) is 0.455. The molecule has 3 nitrogen and oxygen atoms in total. The van der Waals surface area contributed by atoms with Gasteiger partial charge in [-0.15, -0.1) is 0 Å². The van der Waals surface area contributed by atoms with E-state index in [4.69, 9.17) is 9.47 Å². The van der Waals surface area contributed by atoms with Crippen LogP contribution < -0.4 is 14.8 Å². The van der Waals surface area contributed by atoms with Crippen LogP contribution in [0.25, 0.3) is 0 Å². The lowest BCUT2D eigenvalue weighted by Gasteiger charge is -2.08. The summed E-state index contributed by atoms with van der Waals surface area (Å²) in [5, 5.41) is 2.34. The van der Waals surface area contributed by atoms with Crippen LogP contribution in [-0.2, 0) is 6.42 Å². The van der Waals surface area contributed by atoms with Crippen LogP contribution in [0.5, 0.6) is 11.5 Å². The Balaban J connectivity index is 1.80. The van der Waals surface area contributed by atoms with Crippen LogP contribution in [0.1, 0.15) is 5.56 Å². The molecule has 1 aromatic rings. The minimum absolute atomic E-state index is 0.200. The highest BCUT2D eigenvalue weighted by atomic mass is 19.4. The Bertz CT molecular complexity index is 393. The number of hydrogen-bond acceptors (Lipinski definition) is 3. The third-order valence-electron chi connectivity index (χ3n) is 2.35. The summed E-state index contributed by atoms with van der Waals surface area (Å²) in [4.78, 5) is 0. The summed E-state index contributed by atoms with van der Waals surface area (Å²) >= 11 is 0. The molecule has 0 atom stereocenters. The monoisotopic (exact) mass is 247 g/mol. The van der Waals surface area contributed by atoms with Gasteiger partial charge in [0.25, 0.3) is 0 Å². The minimum atomic E-state index is -4.16. The molecule has 0 fully saturated rings. The highest BCUT2D eigenvalue weighted by Gasteiger charge is 2.25. The minimum Gasteiger partial charge on any atom is -0.454 e. The van der Waals surface area contributed by atoms with Gasteiger partial charge in [0.15, 0.2) is 11.5 Å². The number of fused-ring (bicyclic) bond motifs is 1. The molecule has 1 aliphatic heterocycles. The SMILES string of the molecule is FC(F)(F)CNCCc1ccc2c(c1)OCO2. The second-order valence-corrected chi connectivity index (χ2v) is 3.73. The van der Waals surface area contributed by atoms with Gasteiger partial charge in [0.1, 0.15) is 0 Å². The summed E-state index contributed by atoms with van der Waals surface area (Å²) < 4.78 is 45.9. The van der Waals surface area contributed by atoms with Crippen molar-refractivity contribution in [1.82, 2.24) is 5.32 Å². The van der Waals surface area contributed by atoms with E-state index in [1.807, 2.05) is 6.07 Å². The first-order chi connectivity index (χ1) is 8.04. The van der Waals surface area contributed by atoms with E-state index in [1.54, 1.807) is 12.1 Å². The van der Waals surface area contributed by atoms with Crippen molar-refractivity contribution in [3.8, 4) is 11.5 Å². The van der Waals surface area contributed by atoms with Gasteiger partial charge in [-0.3, -0.25) is 0 Å². The zero-order valence-electron chi connectivity index (χ0n) is 9.01. The third kappa shape index (κ3) is 3.52. The van der Waals surface area contributed by atoms with Crippen LogP contribution in [0.15, 0.2) is 18.2 Å². The Morgan fingerprint density at radius 2 is 1.94 bits per heavy atom. The summed E-state index contributed by atoms with van der Waals surface area (Å²) in [6.45, 7) is -0.484. The fourth-order valence-electron chi connectivity index (χ4n) is 1.56. The van der Waals surface area contributed by atoms with Gasteiger partial charge >= 0.3 is 6.18 Å². The highest BCUT2D eigenvalue weighted by molar-refractivity contribution is 5.44. The predicted octanol–water partition coefficient (Wildman–Crippen LogP) is 2.11. The van der Waals surface area contributed by atoms with Crippen molar-refractivity contribution < 1.29 is 22.6 Å². The average molecular weight is 247 g/mol. The average Bonchev–Trinajstić information content (AvgIpc) is 2.70. The molecule has 0 saturated heterocycles. The second-order valence-electron chi connectivity index (χ2n) is 3.73. The predicted molar refractivity (Wildman–Crippen MR) is 55.2 cm³/mol. The van der Waals surface area contributed by atoms with Crippen LogP contribution in [0.2, 0.25) is 0 Å². The molecule has 17 heavy (non-hydrogen) atoms. The van der Waals surface area contributed by atoms with Crippen molar-refractivity contribution in [3.05, 3.63) is 23.8 Å². The number of ether oxygens (including phenoxy) is 2. The van der Waals surface area contributed by atoms with Crippen LogP contribution in [0, 0.1) is 0 Å². The summed E-state index contributed by atoms with van der Waals surface area (Å²) in [6, 6.07) is 5.38. The lowest BCUT2D eigenvalue weighted by Crippen LogP contribution is -2.30. The number of benzene rings is 1. The zero-order chi connectivity index (χ0) is 12.3. The summed E-state index contributed by atoms with van der Waals surface area (Å²) in [5.74, 6) is 1.33. The highest BCUT2D eigenvalue weighted by Crippen LogP contribution is 2.32. The van der Waals surface area contributed by atoms with Gasteiger partial charge in [-0.25, -0.2) is 0 Å². The van der Waals surface area contributed by atoms with Gasteiger partial charge in [0.2, 0.25) is 6.79 Å². The Morgan fingerprint density at radius 1 is 1.18 bits per heavy atom. The standard InChI is InChI=1S/C11H12F3NO2/c12-11(13,14)6-15-4-3-8-1-2-9-10(5-8)17-7-16-9/h1-2,5,15H,3-4,6-7H2. The summed E-state index contributed by atoms with van der Waals surface area (Å²) in [5.41, 5.74) is 0.920. The lowest BCUT2D eigenvalue weighted by molar-refractivity contribution is -0.124. The van der Waals surface area contributed by atoms with Crippen molar-refractivity contribution in [3.63, 3.8) is 0 Å². The van der Waals surface area contributed by atoms with Crippen molar-refractivity contribution in [2.45, 2.75) is 12.6 Å². The van der Waals surface area contributed by atoms with E-state index in [0.717, 1.165) is 5.56 Å². The van der Waals surface area contributed by atoms with Gasteiger partial charge in [-0.1, -0.05) is 6.07 Å². The van der Waals surface area contributed by atoms with E-state index in [2.05, 4.69) is 5.32 Å². The molecule has 0 aliphatic carbocycles. The first-order valence-electron chi connectivity index (χ1n) is 5.20. The maximum Gasteiger partial charge on any atom is 0.401 e. The number of hydrogen-bond donors (Lipinski definition) is 1. The largest absolute Gasteiger partial charge is 0.454 e. The van der Waals surface area contributed by atoms with E-state index in [1.165, 1.54) is 0 Å². The normalized spacial score (nSPS) is 14.1. The molecule has 0 unspecified atom stereocenters. The molecule has 0 bridgehead atoms. The Labute approximate surface area is 96.5 Å². The molecule has 0 spiro atoms. The Morgan fingerprint density at radius 3 is 2.71 bits per heavy atom. The molecule has 0 saturated carbocycles. The molecule has 0 aromatic heterocycles. The van der Waals surface area contributed by atoms with E-state index < -0.39 is 12.7 Å². The van der Waals surface area contributed by atoms with Gasteiger partial charge in [-0.05, 0) is 30.7 Å². The molecule has 1 N–H and O–H groups in total. The smallest absolute Gasteiger partial charge is 0.401 e.